The molecule has 0 spiro atoms. The lowest BCUT2D eigenvalue weighted by atomic mass is 9.79. The van der Waals surface area contributed by atoms with E-state index in [9.17, 15) is 19.2 Å². The number of carbonyl (C=O) groups is 4. The van der Waals surface area contributed by atoms with Crippen LogP contribution in [0.2, 0.25) is 0 Å². The van der Waals surface area contributed by atoms with E-state index in [1.165, 1.54) is 13.2 Å². The molecular weight excluding hydrogens is 432 g/mol. The van der Waals surface area contributed by atoms with E-state index < -0.39 is 47.1 Å². The zero-order valence-electron chi connectivity index (χ0n) is 19.5. The summed E-state index contributed by atoms with van der Waals surface area (Å²) in [5.74, 6) is -3.21. The highest BCUT2D eigenvalue weighted by Gasteiger charge is 2.65. The van der Waals surface area contributed by atoms with Crippen molar-refractivity contribution in [2.75, 3.05) is 12.0 Å². The molecule has 0 radical (unpaired) electrons. The van der Waals surface area contributed by atoms with E-state index in [2.05, 4.69) is 0 Å². The second-order valence-corrected chi connectivity index (χ2v) is 9.97. The Balaban J connectivity index is 1.68. The molecule has 0 unspecified atom stereocenters. The van der Waals surface area contributed by atoms with Crippen molar-refractivity contribution in [3.05, 3.63) is 71.4 Å². The first-order chi connectivity index (χ1) is 16.2. The van der Waals surface area contributed by atoms with Crippen molar-refractivity contribution >= 4 is 35.3 Å². The highest BCUT2D eigenvalue weighted by Crippen LogP contribution is 2.54. The molecule has 3 aliphatic heterocycles. The minimum absolute atomic E-state index is 0.0988. The molecule has 4 atom stereocenters. The molecule has 174 valence electrons. The van der Waals surface area contributed by atoms with Crippen LogP contribution < -0.4 is 4.90 Å². The van der Waals surface area contributed by atoms with E-state index in [-0.39, 0.29) is 17.0 Å². The predicted octanol–water partition coefficient (Wildman–Crippen LogP) is 3.60. The molecule has 2 saturated heterocycles. The summed E-state index contributed by atoms with van der Waals surface area (Å²) in [6, 6.07) is 12.9. The van der Waals surface area contributed by atoms with Gasteiger partial charge in [0.2, 0.25) is 11.8 Å². The van der Waals surface area contributed by atoms with Crippen molar-refractivity contribution in [1.82, 2.24) is 4.90 Å². The van der Waals surface area contributed by atoms with E-state index in [1.54, 1.807) is 18.2 Å². The van der Waals surface area contributed by atoms with Crippen molar-refractivity contribution in [2.45, 2.75) is 32.9 Å². The second-order valence-electron chi connectivity index (χ2n) is 9.97. The van der Waals surface area contributed by atoms with Crippen LogP contribution in [0, 0.1) is 17.3 Å². The standard InChI is InChI=1S/C27H26N2O5/c1-27(2,3)23(30)22-20-19(21-16-10-6-5-9-15(16)13-14-28(21)22)24(31)29(25(20)32)18-12-8-7-11-17(18)26(33)34-4/h5-14,19-22H,1-4H3/t19-,20+,21+,22+/m0/s1. The molecule has 2 aromatic rings. The summed E-state index contributed by atoms with van der Waals surface area (Å²) >= 11 is 0. The van der Waals surface area contributed by atoms with Gasteiger partial charge in [-0.1, -0.05) is 57.2 Å². The van der Waals surface area contributed by atoms with Gasteiger partial charge in [0.05, 0.1) is 36.2 Å². The van der Waals surface area contributed by atoms with Crippen molar-refractivity contribution in [3.8, 4) is 0 Å². The van der Waals surface area contributed by atoms with Gasteiger partial charge < -0.3 is 9.64 Å². The molecule has 2 amide bonds. The minimum Gasteiger partial charge on any atom is -0.465 e. The fourth-order valence-electron chi connectivity index (χ4n) is 5.49. The molecule has 3 heterocycles. The molecule has 7 nitrogen and oxygen atoms in total. The summed E-state index contributed by atoms with van der Waals surface area (Å²) in [5.41, 5.74) is 1.47. The first-order valence-corrected chi connectivity index (χ1v) is 11.3. The van der Waals surface area contributed by atoms with Crippen LogP contribution >= 0.6 is 0 Å². The van der Waals surface area contributed by atoms with Gasteiger partial charge in [0, 0.05) is 11.6 Å². The van der Waals surface area contributed by atoms with E-state index in [0.717, 1.165) is 16.0 Å². The third kappa shape index (κ3) is 3.03. The van der Waals surface area contributed by atoms with Gasteiger partial charge in [0.15, 0.2) is 5.78 Å². The summed E-state index contributed by atoms with van der Waals surface area (Å²) in [4.78, 5) is 56.9. The van der Waals surface area contributed by atoms with Crippen LogP contribution in [0.5, 0.6) is 0 Å². The molecule has 7 heteroatoms. The molecule has 2 aromatic carbocycles. The van der Waals surface area contributed by atoms with Crippen molar-refractivity contribution in [1.29, 1.82) is 0 Å². The Hall–Kier alpha value is -3.74. The number of para-hydroxylation sites is 1. The molecule has 0 aliphatic carbocycles. The first kappa shape index (κ1) is 22.1. The van der Waals surface area contributed by atoms with Crippen molar-refractivity contribution in [3.63, 3.8) is 0 Å². The Morgan fingerprint density at radius 1 is 0.912 bits per heavy atom. The minimum atomic E-state index is -0.856. The SMILES string of the molecule is COC(=O)c1ccccc1N1C(=O)[C@@H]2[C@H](C1=O)[C@H]1c3ccccc3C=CN1[C@H]2C(=O)C(C)(C)C. The first-order valence-electron chi connectivity index (χ1n) is 11.3. The Morgan fingerprint density at radius 3 is 2.26 bits per heavy atom. The average molecular weight is 459 g/mol. The number of imide groups is 1. The number of carbonyl (C=O) groups excluding carboxylic acids is 4. The summed E-state index contributed by atoms with van der Waals surface area (Å²) in [5, 5.41) is 0. The van der Waals surface area contributed by atoms with Crippen LogP contribution in [0.3, 0.4) is 0 Å². The number of methoxy groups -OCH3 is 1. The Morgan fingerprint density at radius 2 is 1.56 bits per heavy atom. The number of hydrogen-bond acceptors (Lipinski definition) is 6. The molecule has 34 heavy (non-hydrogen) atoms. The molecule has 0 aromatic heterocycles. The fraction of sp³-hybridized carbons (Fsp3) is 0.333. The smallest absolute Gasteiger partial charge is 0.339 e. The van der Waals surface area contributed by atoms with Gasteiger partial charge >= 0.3 is 5.97 Å². The van der Waals surface area contributed by atoms with Gasteiger partial charge in [-0.2, -0.15) is 0 Å². The Labute approximate surface area is 198 Å². The Kier molecular flexibility index (Phi) is 4.97. The zero-order valence-corrected chi connectivity index (χ0v) is 19.5. The highest BCUT2D eigenvalue weighted by atomic mass is 16.5. The van der Waals surface area contributed by atoms with E-state index in [1.807, 2.05) is 62.2 Å². The normalized spacial score (nSPS) is 25.2. The maximum atomic E-state index is 13.9. The molecular formula is C27H26N2O5. The quantitative estimate of drug-likeness (QED) is 0.516. The topological polar surface area (TPSA) is 84.0 Å². The second kappa shape index (κ2) is 7.65. The van der Waals surface area contributed by atoms with Crippen molar-refractivity contribution < 1.29 is 23.9 Å². The van der Waals surface area contributed by atoms with E-state index >= 15 is 0 Å². The number of benzene rings is 2. The van der Waals surface area contributed by atoms with Gasteiger partial charge in [-0.15, -0.1) is 0 Å². The molecule has 2 fully saturated rings. The molecule has 0 saturated carbocycles. The van der Waals surface area contributed by atoms with Gasteiger partial charge in [0.25, 0.3) is 0 Å². The zero-order chi connectivity index (χ0) is 24.4. The number of fused-ring (bicyclic) bond motifs is 5. The van der Waals surface area contributed by atoms with Gasteiger partial charge in [-0.05, 0) is 29.3 Å². The van der Waals surface area contributed by atoms with Crippen LogP contribution in [0.1, 0.15) is 48.3 Å². The number of hydrogen-bond donors (Lipinski definition) is 0. The van der Waals surface area contributed by atoms with Crippen LogP contribution in [-0.2, 0) is 19.1 Å². The highest BCUT2D eigenvalue weighted by molar-refractivity contribution is 6.25. The number of ketones is 1. The maximum absolute atomic E-state index is 13.9. The van der Waals surface area contributed by atoms with Crippen molar-refractivity contribution in [2.24, 2.45) is 17.3 Å². The molecule has 3 aliphatic rings. The maximum Gasteiger partial charge on any atom is 0.339 e. The number of nitrogens with zero attached hydrogens (tertiary/aromatic N) is 2. The molecule has 0 N–H and O–H groups in total. The lowest BCUT2D eigenvalue weighted by molar-refractivity contribution is -0.135. The third-order valence-corrected chi connectivity index (χ3v) is 7.02. The largest absolute Gasteiger partial charge is 0.465 e. The fourth-order valence-corrected chi connectivity index (χ4v) is 5.49. The van der Waals surface area contributed by atoms with E-state index in [4.69, 9.17) is 4.74 Å². The third-order valence-electron chi connectivity index (χ3n) is 7.02. The lowest BCUT2D eigenvalue weighted by Gasteiger charge is -2.37. The monoisotopic (exact) mass is 458 g/mol. The van der Waals surface area contributed by atoms with Crippen LogP contribution in [0.4, 0.5) is 5.69 Å². The lowest BCUT2D eigenvalue weighted by Crippen LogP contribution is -2.48. The summed E-state index contributed by atoms with van der Waals surface area (Å²) in [6.45, 7) is 5.47. The van der Waals surface area contributed by atoms with Gasteiger partial charge in [-0.25, -0.2) is 9.69 Å². The average Bonchev–Trinajstić information content (AvgIpc) is 3.30. The number of Topliss-reactive ketones (excluding diaryl/α,β-unsaturated/α-hetero) is 1. The van der Waals surface area contributed by atoms with Gasteiger partial charge in [0.1, 0.15) is 6.04 Å². The van der Waals surface area contributed by atoms with Crippen LogP contribution in [-0.4, -0.2) is 41.6 Å². The summed E-state index contributed by atoms with van der Waals surface area (Å²) in [6.07, 6.45) is 3.77. The summed E-state index contributed by atoms with van der Waals surface area (Å²) in [7, 11) is 1.25. The Bertz CT molecular complexity index is 1260. The number of esters is 1. The summed E-state index contributed by atoms with van der Waals surface area (Å²) < 4.78 is 4.88. The van der Waals surface area contributed by atoms with E-state index in [0.29, 0.717) is 0 Å². The number of rotatable bonds is 3. The number of amides is 2. The predicted molar refractivity (Wildman–Crippen MR) is 126 cm³/mol. The van der Waals surface area contributed by atoms with Crippen LogP contribution in [0.25, 0.3) is 6.08 Å². The molecule has 0 bridgehead atoms. The number of ether oxygens (including phenoxy) is 1. The molecule has 5 rings (SSSR count). The number of anilines is 1. The van der Waals surface area contributed by atoms with Gasteiger partial charge in [-0.3, -0.25) is 14.4 Å². The van der Waals surface area contributed by atoms with Crippen LogP contribution in [0.15, 0.2) is 54.7 Å².